The number of nitrogens with one attached hydrogen (secondary N) is 1. The molecular formula is C15H16FNO. The molecule has 0 heterocycles. The summed E-state index contributed by atoms with van der Waals surface area (Å²) in [5, 5.41) is 12.3. The van der Waals surface area contributed by atoms with Crippen molar-refractivity contribution >= 4 is 0 Å². The Labute approximate surface area is 106 Å². The Morgan fingerprint density at radius 3 is 2.39 bits per heavy atom. The molecule has 0 aliphatic carbocycles. The molecule has 2 aromatic rings. The van der Waals surface area contributed by atoms with E-state index in [0.717, 1.165) is 12.1 Å². The Morgan fingerprint density at radius 2 is 1.67 bits per heavy atom. The number of aliphatic hydroxyl groups is 1. The van der Waals surface area contributed by atoms with Gasteiger partial charge in [-0.1, -0.05) is 36.4 Å². The summed E-state index contributed by atoms with van der Waals surface area (Å²) >= 11 is 0. The van der Waals surface area contributed by atoms with Crippen LogP contribution in [0, 0.1) is 5.82 Å². The number of rotatable bonds is 5. The minimum atomic E-state index is -0.357. The average molecular weight is 245 g/mol. The van der Waals surface area contributed by atoms with Gasteiger partial charge in [0.15, 0.2) is 0 Å². The van der Waals surface area contributed by atoms with Crippen molar-refractivity contribution in [1.29, 1.82) is 0 Å². The van der Waals surface area contributed by atoms with Crippen molar-refractivity contribution in [2.75, 3.05) is 0 Å². The van der Waals surface area contributed by atoms with E-state index in [9.17, 15) is 4.39 Å². The van der Waals surface area contributed by atoms with Gasteiger partial charge in [-0.25, -0.2) is 4.39 Å². The van der Waals surface area contributed by atoms with E-state index < -0.39 is 0 Å². The summed E-state index contributed by atoms with van der Waals surface area (Å²) < 4.78 is 13.2. The molecule has 0 amide bonds. The monoisotopic (exact) mass is 245 g/mol. The number of aliphatic hydroxyl groups excluding tert-OH is 1. The zero-order chi connectivity index (χ0) is 12.8. The van der Waals surface area contributed by atoms with E-state index in [4.69, 9.17) is 5.11 Å². The largest absolute Gasteiger partial charge is 0.392 e. The van der Waals surface area contributed by atoms with Gasteiger partial charge in [0.1, 0.15) is 5.82 Å². The molecule has 0 saturated heterocycles. The van der Waals surface area contributed by atoms with Gasteiger partial charge in [-0.05, 0) is 23.3 Å². The summed E-state index contributed by atoms with van der Waals surface area (Å²) in [5.41, 5.74) is 2.52. The lowest BCUT2D eigenvalue weighted by molar-refractivity contribution is 0.275. The molecule has 2 rings (SSSR count). The highest BCUT2D eigenvalue weighted by Gasteiger charge is 2.02. The number of hydrogen-bond donors (Lipinski definition) is 2. The second-order valence-electron chi connectivity index (χ2n) is 4.17. The topological polar surface area (TPSA) is 32.3 Å². The molecule has 0 unspecified atom stereocenters. The Kier molecular flexibility index (Phi) is 4.45. The van der Waals surface area contributed by atoms with Crippen LogP contribution < -0.4 is 5.32 Å². The first-order valence-electron chi connectivity index (χ1n) is 5.92. The predicted octanol–water partition coefficient (Wildman–Crippen LogP) is 2.61. The molecule has 18 heavy (non-hydrogen) atoms. The molecular weight excluding hydrogens is 229 g/mol. The summed E-state index contributed by atoms with van der Waals surface area (Å²) in [6.07, 6.45) is 0. The molecule has 0 saturated carbocycles. The van der Waals surface area contributed by atoms with Crippen LogP contribution in [0.15, 0.2) is 48.5 Å². The minimum absolute atomic E-state index is 0.266. The van der Waals surface area contributed by atoms with Crippen LogP contribution in [0.25, 0.3) is 0 Å². The molecule has 94 valence electrons. The summed E-state index contributed by atoms with van der Waals surface area (Å²) in [6.45, 7) is 1.16. The van der Waals surface area contributed by atoms with Crippen molar-refractivity contribution in [3.8, 4) is 0 Å². The van der Waals surface area contributed by atoms with Gasteiger partial charge in [0.25, 0.3) is 0 Å². The molecule has 3 heteroatoms. The highest BCUT2D eigenvalue weighted by atomic mass is 19.1. The van der Waals surface area contributed by atoms with E-state index in [-0.39, 0.29) is 12.4 Å². The highest BCUT2D eigenvalue weighted by Crippen LogP contribution is 2.10. The van der Waals surface area contributed by atoms with Gasteiger partial charge in [-0.15, -0.1) is 0 Å². The second kappa shape index (κ2) is 6.28. The first kappa shape index (κ1) is 12.7. The van der Waals surface area contributed by atoms with Gasteiger partial charge >= 0.3 is 0 Å². The molecule has 2 nitrogen and oxygen atoms in total. The minimum Gasteiger partial charge on any atom is -0.392 e. The van der Waals surface area contributed by atoms with Crippen LogP contribution in [0.1, 0.15) is 16.7 Å². The van der Waals surface area contributed by atoms with E-state index in [2.05, 4.69) is 17.4 Å². The van der Waals surface area contributed by atoms with Crippen LogP contribution in [-0.2, 0) is 19.7 Å². The maximum atomic E-state index is 13.2. The molecule has 0 radical (unpaired) electrons. The van der Waals surface area contributed by atoms with Crippen molar-refractivity contribution in [2.24, 2.45) is 0 Å². The molecule has 0 aliphatic heterocycles. The third-order valence-corrected chi connectivity index (χ3v) is 2.78. The molecule has 0 fully saturated rings. The van der Waals surface area contributed by atoms with Gasteiger partial charge in [-0.2, -0.15) is 0 Å². The van der Waals surface area contributed by atoms with Gasteiger partial charge < -0.3 is 10.4 Å². The zero-order valence-electron chi connectivity index (χ0n) is 10.1. The molecule has 0 spiro atoms. The molecule has 0 bridgehead atoms. The molecule has 0 aromatic heterocycles. The lowest BCUT2D eigenvalue weighted by atomic mass is 10.1. The maximum absolute atomic E-state index is 13.2. The summed E-state index contributed by atoms with van der Waals surface area (Å²) in [4.78, 5) is 0. The quantitative estimate of drug-likeness (QED) is 0.848. The SMILES string of the molecule is OCc1cc(CNCc2ccccc2)ccc1F. The smallest absolute Gasteiger partial charge is 0.128 e. The number of halogens is 1. The summed E-state index contributed by atoms with van der Waals surface area (Å²) in [5.74, 6) is -0.357. The third-order valence-electron chi connectivity index (χ3n) is 2.78. The highest BCUT2D eigenvalue weighted by molar-refractivity contribution is 5.24. The van der Waals surface area contributed by atoms with Crippen LogP contribution in [0.5, 0.6) is 0 Å². The van der Waals surface area contributed by atoms with Crippen molar-refractivity contribution in [2.45, 2.75) is 19.7 Å². The molecule has 0 atom stereocenters. The van der Waals surface area contributed by atoms with Crippen LogP contribution >= 0.6 is 0 Å². The lowest BCUT2D eigenvalue weighted by Gasteiger charge is -2.07. The van der Waals surface area contributed by atoms with E-state index in [1.165, 1.54) is 11.6 Å². The van der Waals surface area contributed by atoms with Crippen molar-refractivity contribution in [3.63, 3.8) is 0 Å². The first-order valence-corrected chi connectivity index (χ1v) is 5.92. The normalized spacial score (nSPS) is 10.6. The first-order chi connectivity index (χ1) is 8.79. The maximum Gasteiger partial charge on any atom is 0.128 e. The molecule has 2 aromatic carbocycles. The fourth-order valence-electron chi connectivity index (χ4n) is 1.81. The Morgan fingerprint density at radius 1 is 0.944 bits per heavy atom. The van der Waals surface area contributed by atoms with E-state index in [1.807, 2.05) is 18.2 Å². The van der Waals surface area contributed by atoms with Crippen LogP contribution in [0.4, 0.5) is 4.39 Å². The fourth-order valence-corrected chi connectivity index (χ4v) is 1.81. The fraction of sp³-hybridized carbons (Fsp3) is 0.200. The van der Waals surface area contributed by atoms with Crippen LogP contribution in [0.2, 0.25) is 0 Å². The van der Waals surface area contributed by atoms with Gasteiger partial charge in [0.2, 0.25) is 0 Å². The summed E-state index contributed by atoms with van der Waals surface area (Å²) in [7, 11) is 0. The lowest BCUT2D eigenvalue weighted by Crippen LogP contribution is -2.12. The Hall–Kier alpha value is -1.71. The van der Waals surface area contributed by atoms with Crippen LogP contribution in [-0.4, -0.2) is 5.11 Å². The van der Waals surface area contributed by atoms with Crippen molar-refractivity contribution < 1.29 is 9.50 Å². The Balaban J connectivity index is 1.91. The Bertz CT molecular complexity index is 499. The molecule has 2 N–H and O–H groups in total. The standard InChI is InChI=1S/C15H16FNO/c16-15-7-6-13(8-14(15)11-18)10-17-9-12-4-2-1-3-5-12/h1-8,17-18H,9-11H2. The predicted molar refractivity (Wildman–Crippen MR) is 69.3 cm³/mol. The van der Waals surface area contributed by atoms with Gasteiger partial charge in [0, 0.05) is 18.7 Å². The van der Waals surface area contributed by atoms with Gasteiger partial charge in [-0.3, -0.25) is 0 Å². The van der Waals surface area contributed by atoms with E-state index >= 15 is 0 Å². The van der Waals surface area contributed by atoms with Crippen LogP contribution in [0.3, 0.4) is 0 Å². The van der Waals surface area contributed by atoms with Gasteiger partial charge in [0.05, 0.1) is 6.61 Å². The second-order valence-corrected chi connectivity index (χ2v) is 4.17. The molecule has 0 aliphatic rings. The number of hydrogen-bond acceptors (Lipinski definition) is 2. The van der Waals surface area contributed by atoms with Crippen molar-refractivity contribution in [3.05, 3.63) is 71.0 Å². The van der Waals surface area contributed by atoms with Crippen molar-refractivity contribution in [1.82, 2.24) is 5.32 Å². The average Bonchev–Trinajstić information content (AvgIpc) is 2.42. The summed E-state index contributed by atoms with van der Waals surface area (Å²) in [6, 6.07) is 14.9. The third kappa shape index (κ3) is 3.39. The van der Waals surface area contributed by atoms with E-state index in [1.54, 1.807) is 12.1 Å². The number of benzene rings is 2. The van der Waals surface area contributed by atoms with E-state index in [0.29, 0.717) is 12.1 Å². The zero-order valence-corrected chi connectivity index (χ0v) is 10.1.